The Hall–Kier alpha value is -5.50. The van der Waals surface area contributed by atoms with Crippen molar-refractivity contribution in [3.8, 4) is 34.8 Å². The Labute approximate surface area is 254 Å². The summed E-state index contributed by atoms with van der Waals surface area (Å²) in [6.07, 6.45) is 7.08. The lowest BCUT2D eigenvalue weighted by Crippen LogP contribution is -2.55. The molecule has 0 radical (unpaired) electrons. The summed E-state index contributed by atoms with van der Waals surface area (Å²) in [5, 5.41) is 7.59. The van der Waals surface area contributed by atoms with Crippen LogP contribution in [-0.4, -0.2) is 73.9 Å². The normalized spacial score (nSPS) is 12.9. The molecule has 2 aromatic carbocycles. The summed E-state index contributed by atoms with van der Waals surface area (Å²) in [6.45, 7) is 4.33. The molecule has 1 aliphatic rings. The van der Waals surface area contributed by atoms with Crippen molar-refractivity contribution in [1.82, 2.24) is 34.6 Å². The summed E-state index contributed by atoms with van der Waals surface area (Å²) in [5.74, 6) is 0.502. The van der Waals surface area contributed by atoms with Gasteiger partial charge >= 0.3 is 6.01 Å². The average Bonchev–Trinajstić information content (AvgIpc) is 3.50. The maximum Gasteiger partial charge on any atom is 0.316 e. The highest BCUT2D eigenvalue weighted by atomic mass is 35.5. The van der Waals surface area contributed by atoms with Crippen LogP contribution in [-0.2, 0) is 4.79 Å². The van der Waals surface area contributed by atoms with E-state index >= 15 is 4.39 Å². The maximum absolute atomic E-state index is 15.5. The van der Waals surface area contributed by atoms with Gasteiger partial charge in [-0.2, -0.15) is 0 Å². The Morgan fingerprint density at radius 3 is 2.59 bits per heavy atom. The van der Waals surface area contributed by atoms with Crippen molar-refractivity contribution in [2.24, 2.45) is 0 Å². The highest BCUT2D eigenvalue weighted by Crippen LogP contribution is 2.39. The zero-order chi connectivity index (χ0) is 30.8. The van der Waals surface area contributed by atoms with Gasteiger partial charge in [-0.3, -0.25) is 4.79 Å². The van der Waals surface area contributed by atoms with E-state index in [1.165, 1.54) is 55.8 Å². The van der Waals surface area contributed by atoms with Crippen molar-refractivity contribution in [2.45, 2.75) is 6.10 Å². The second kappa shape index (κ2) is 12.0. The number of hydrogen-bond acceptors (Lipinski definition) is 11. The van der Waals surface area contributed by atoms with Crippen LogP contribution in [0.1, 0.15) is 0 Å². The molecule has 1 aliphatic heterocycles. The Balaban J connectivity index is 1.21. The molecule has 5 aromatic rings. The molecule has 6 rings (SSSR count). The highest BCUT2D eigenvalue weighted by molar-refractivity contribution is 6.32. The number of anilines is 2. The predicted molar refractivity (Wildman–Crippen MR) is 158 cm³/mol. The van der Waals surface area contributed by atoms with E-state index in [0.717, 1.165) is 0 Å². The standard InChI is InChI=1S/C29H24ClFN8O5/c1-4-25(40)38-13-17(14-38)43-23-9-18-20(10-22(23)41-2)34-15-35-28(18)36-19-5-6-21(26(30)27(19)31)44-24-7-8-39(37-24)16-11-32-29(42-3)33-12-16/h4-12,15,17H,1,13-14H2,2-3H3,(H,34,35,36). The van der Waals surface area contributed by atoms with Gasteiger partial charge in [-0.05, 0) is 24.3 Å². The van der Waals surface area contributed by atoms with E-state index in [2.05, 4.69) is 36.9 Å². The van der Waals surface area contributed by atoms with Crippen molar-refractivity contribution in [2.75, 3.05) is 32.6 Å². The summed E-state index contributed by atoms with van der Waals surface area (Å²) in [4.78, 5) is 30.1. The first-order valence-corrected chi connectivity index (χ1v) is 13.5. The van der Waals surface area contributed by atoms with Gasteiger partial charge in [-0.25, -0.2) is 29.0 Å². The zero-order valence-corrected chi connectivity index (χ0v) is 24.2. The van der Waals surface area contributed by atoms with Gasteiger partial charge in [0.1, 0.15) is 29.0 Å². The van der Waals surface area contributed by atoms with Crippen LogP contribution in [0.15, 0.2) is 67.9 Å². The number of hydrogen-bond donors (Lipinski definition) is 1. The van der Waals surface area contributed by atoms with E-state index in [4.69, 9.17) is 30.5 Å². The molecule has 0 unspecified atom stereocenters. The lowest BCUT2D eigenvalue weighted by Gasteiger charge is -2.38. The Kier molecular flexibility index (Phi) is 7.81. The summed E-state index contributed by atoms with van der Waals surface area (Å²) in [7, 11) is 2.99. The number of amides is 1. The van der Waals surface area contributed by atoms with Gasteiger partial charge in [0.05, 0.1) is 50.9 Å². The fraction of sp³-hybridized carbons (Fsp3) is 0.172. The van der Waals surface area contributed by atoms with Gasteiger partial charge in [0, 0.05) is 23.7 Å². The summed E-state index contributed by atoms with van der Waals surface area (Å²) in [5.41, 5.74) is 1.16. The van der Waals surface area contributed by atoms with E-state index in [0.29, 0.717) is 47.0 Å². The van der Waals surface area contributed by atoms with E-state index < -0.39 is 5.82 Å². The van der Waals surface area contributed by atoms with Crippen molar-refractivity contribution in [3.63, 3.8) is 0 Å². The molecule has 44 heavy (non-hydrogen) atoms. The van der Waals surface area contributed by atoms with Crippen molar-refractivity contribution in [1.29, 1.82) is 0 Å². The number of fused-ring (bicyclic) bond motifs is 1. The molecule has 1 amide bonds. The average molecular weight is 619 g/mol. The molecule has 0 saturated carbocycles. The second-order valence-electron chi connectivity index (χ2n) is 9.42. The van der Waals surface area contributed by atoms with Crippen LogP contribution in [0.2, 0.25) is 5.02 Å². The molecule has 224 valence electrons. The van der Waals surface area contributed by atoms with Crippen LogP contribution in [0.5, 0.6) is 29.1 Å². The van der Waals surface area contributed by atoms with E-state index in [9.17, 15) is 4.79 Å². The number of carbonyl (C=O) groups is 1. The molecular formula is C29H24ClFN8O5. The third-order valence-corrected chi connectivity index (χ3v) is 7.04. The third kappa shape index (κ3) is 5.62. The van der Waals surface area contributed by atoms with Crippen molar-refractivity contribution < 1.29 is 28.1 Å². The van der Waals surface area contributed by atoms with Gasteiger partial charge in [0.2, 0.25) is 11.8 Å². The molecule has 3 aromatic heterocycles. The molecule has 0 atom stereocenters. The molecule has 1 N–H and O–H groups in total. The predicted octanol–water partition coefficient (Wildman–Crippen LogP) is 4.73. The highest BCUT2D eigenvalue weighted by Gasteiger charge is 2.32. The Morgan fingerprint density at radius 1 is 1.07 bits per heavy atom. The first-order valence-electron chi connectivity index (χ1n) is 13.1. The second-order valence-corrected chi connectivity index (χ2v) is 9.80. The van der Waals surface area contributed by atoms with E-state index in [1.54, 1.807) is 29.3 Å². The largest absolute Gasteiger partial charge is 0.493 e. The van der Waals surface area contributed by atoms with Gasteiger partial charge in [0.15, 0.2) is 23.1 Å². The van der Waals surface area contributed by atoms with Crippen LogP contribution in [0.4, 0.5) is 15.9 Å². The molecule has 4 heterocycles. The number of benzene rings is 2. The topological polar surface area (TPSA) is 139 Å². The molecule has 0 spiro atoms. The first-order chi connectivity index (χ1) is 21.4. The Bertz CT molecular complexity index is 1860. The van der Waals surface area contributed by atoms with E-state index in [1.807, 2.05) is 0 Å². The lowest BCUT2D eigenvalue weighted by molar-refractivity contribution is -0.134. The minimum atomic E-state index is -0.759. The first kappa shape index (κ1) is 28.6. The number of ether oxygens (including phenoxy) is 4. The third-order valence-electron chi connectivity index (χ3n) is 6.69. The number of methoxy groups -OCH3 is 2. The molecule has 0 aliphatic carbocycles. The van der Waals surface area contributed by atoms with Crippen molar-refractivity contribution >= 4 is 39.9 Å². The number of nitrogens with zero attached hydrogens (tertiary/aromatic N) is 7. The van der Waals surface area contributed by atoms with E-state index in [-0.39, 0.29) is 40.4 Å². The number of rotatable bonds is 10. The Morgan fingerprint density at radius 2 is 1.86 bits per heavy atom. The monoisotopic (exact) mass is 618 g/mol. The van der Waals surface area contributed by atoms with Gasteiger partial charge in [-0.1, -0.05) is 18.2 Å². The number of carbonyl (C=O) groups excluding carboxylic acids is 1. The number of halogens is 2. The minimum absolute atomic E-state index is 0.0547. The van der Waals surface area contributed by atoms with Crippen LogP contribution in [0.25, 0.3) is 16.6 Å². The van der Waals surface area contributed by atoms with Crippen LogP contribution in [0, 0.1) is 5.82 Å². The van der Waals surface area contributed by atoms with Crippen LogP contribution >= 0.6 is 11.6 Å². The van der Waals surface area contributed by atoms with Crippen LogP contribution in [0.3, 0.4) is 0 Å². The molecule has 13 nitrogen and oxygen atoms in total. The number of aromatic nitrogens is 6. The lowest BCUT2D eigenvalue weighted by atomic mass is 10.1. The zero-order valence-electron chi connectivity index (χ0n) is 23.4. The fourth-order valence-electron chi connectivity index (χ4n) is 4.40. The summed E-state index contributed by atoms with van der Waals surface area (Å²) >= 11 is 6.37. The van der Waals surface area contributed by atoms with Gasteiger partial charge in [0.25, 0.3) is 0 Å². The summed E-state index contributed by atoms with van der Waals surface area (Å²) < 4.78 is 39.3. The molecular weight excluding hydrogens is 595 g/mol. The number of nitrogens with one attached hydrogen (secondary N) is 1. The molecule has 1 saturated heterocycles. The fourth-order valence-corrected chi connectivity index (χ4v) is 4.61. The summed E-state index contributed by atoms with van der Waals surface area (Å²) in [6, 6.07) is 8.19. The molecule has 1 fully saturated rings. The van der Waals surface area contributed by atoms with Gasteiger partial charge < -0.3 is 29.2 Å². The smallest absolute Gasteiger partial charge is 0.316 e. The van der Waals surface area contributed by atoms with Gasteiger partial charge in [-0.15, -0.1) is 5.10 Å². The minimum Gasteiger partial charge on any atom is -0.493 e. The molecule has 15 heteroatoms. The van der Waals surface area contributed by atoms with Crippen LogP contribution < -0.4 is 24.3 Å². The SMILES string of the molecule is C=CC(=O)N1CC(Oc2cc3c(Nc4ccc(Oc5ccn(-c6cnc(OC)nc6)n5)c(Cl)c4F)ncnc3cc2OC)C1. The molecule has 0 bridgehead atoms. The number of likely N-dealkylation sites (tertiary alicyclic amines) is 1. The van der Waals surface area contributed by atoms with Crippen molar-refractivity contribution in [3.05, 3.63) is 78.7 Å². The maximum atomic E-state index is 15.5. The quantitative estimate of drug-likeness (QED) is 0.217.